The highest BCUT2D eigenvalue weighted by Crippen LogP contribution is 2.25. The van der Waals surface area contributed by atoms with Crippen LogP contribution in [0, 0.1) is 24.4 Å². The smallest absolute Gasteiger partial charge is 0.194 e. The van der Waals surface area contributed by atoms with Gasteiger partial charge in [-0.3, -0.25) is 0 Å². The fraction of sp³-hybridized carbons (Fsp3) is 0.143. The van der Waals surface area contributed by atoms with Gasteiger partial charge in [0.2, 0.25) is 0 Å². The standard InChI is InChI=1S/C14H12F3N/c1-8-4-2-3-5-10(8)14(18)9-6-11(15)13(17)12(16)7-9/h2-7,14H,18H2,1H3. The quantitative estimate of drug-likeness (QED) is 0.813. The van der Waals surface area contributed by atoms with Gasteiger partial charge in [-0.05, 0) is 35.7 Å². The first kappa shape index (κ1) is 12.6. The van der Waals surface area contributed by atoms with E-state index in [1.54, 1.807) is 12.1 Å². The number of halogens is 3. The first-order valence-electron chi connectivity index (χ1n) is 5.46. The van der Waals surface area contributed by atoms with Crippen LogP contribution in [0.15, 0.2) is 36.4 Å². The fourth-order valence-corrected chi connectivity index (χ4v) is 1.87. The molecular weight excluding hydrogens is 239 g/mol. The lowest BCUT2D eigenvalue weighted by molar-refractivity contribution is 0.444. The highest BCUT2D eigenvalue weighted by molar-refractivity contribution is 5.36. The molecule has 2 aromatic carbocycles. The number of nitrogens with two attached hydrogens (primary N) is 1. The van der Waals surface area contributed by atoms with Crippen LogP contribution in [0.4, 0.5) is 13.2 Å². The summed E-state index contributed by atoms with van der Waals surface area (Å²) in [6.45, 7) is 1.85. The fourth-order valence-electron chi connectivity index (χ4n) is 1.87. The van der Waals surface area contributed by atoms with E-state index in [0.29, 0.717) is 0 Å². The molecule has 1 unspecified atom stereocenters. The van der Waals surface area contributed by atoms with Crippen molar-refractivity contribution in [3.63, 3.8) is 0 Å². The van der Waals surface area contributed by atoms with Gasteiger partial charge in [-0.15, -0.1) is 0 Å². The molecule has 0 spiro atoms. The Morgan fingerprint density at radius 1 is 1.00 bits per heavy atom. The van der Waals surface area contributed by atoms with E-state index in [1.807, 2.05) is 19.1 Å². The Balaban J connectivity index is 2.47. The van der Waals surface area contributed by atoms with Crippen LogP contribution < -0.4 is 5.73 Å². The molecule has 0 aliphatic heterocycles. The first-order chi connectivity index (χ1) is 8.50. The molecule has 2 N–H and O–H groups in total. The summed E-state index contributed by atoms with van der Waals surface area (Å²) in [4.78, 5) is 0. The van der Waals surface area contributed by atoms with E-state index < -0.39 is 23.5 Å². The third-order valence-corrected chi connectivity index (χ3v) is 2.89. The molecule has 4 heteroatoms. The maximum Gasteiger partial charge on any atom is 0.194 e. The largest absolute Gasteiger partial charge is 0.320 e. The lowest BCUT2D eigenvalue weighted by Crippen LogP contribution is -2.14. The Hall–Kier alpha value is -1.81. The van der Waals surface area contributed by atoms with Crippen LogP contribution in [0.5, 0.6) is 0 Å². The summed E-state index contributed by atoms with van der Waals surface area (Å²) >= 11 is 0. The summed E-state index contributed by atoms with van der Waals surface area (Å²) in [5.41, 5.74) is 7.82. The Kier molecular flexibility index (Phi) is 3.39. The van der Waals surface area contributed by atoms with Gasteiger partial charge in [0, 0.05) is 0 Å². The summed E-state index contributed by atoms with van der Waals surface area (Å²) in [5, 5.41) is 0. The van der Waals surface area contributed by atoms with Crippen LogP contribution in [0.1, 0.15) is 22.7 Å². The molecule has 0 radical (unpaired) electrons. The van der Waals surface area contributed by atoms with Crippen molar-refractivity contribution in [1.29, 1.82) is 0 Å². The molecule has 0 heterocycles. The van der Waals surface area contributed by atoms with Gasteiger partial charge in [-0.2, -0.15) is 0 Å². The molecule has 0 aromatic heterocycles. The summed E-state index contributed by atoms with van der Waals surface area (Å²) in [5.74, 6) is -3.93. The van der Waals surface area contributed by atoms with Crippen molar-refractivity contribution in [3.05, 3.63) is 70.5 Å². The lowest BCUT2D eigenvalue weighted by atomic mass is 9.95. The number of aryl methyl sites for hydroxylation is 1. The molecule has 2 aromatic rings. The minimum Gasteiger partial charge on any atom is -0.320 e. The van der Waals surface area contributed by atoms with E-state index in [9.17, 15) is 13.2 Å². The first-order valence-corrected chi connectivity index (χ1v) is 5.46. The van der Waals surface area contributed by atoms with Crippen LogP contribution in [0.3, 0.4) is 0 Å². The van der Waals surface area contributed by atoms with Crippen molar-refractivity contribution >= 4 is 0 Å². The van der Waals surface area contributed by atoms with E-state index in [4.69, 9.17) is 5.73 Å². The zero-order valence-corrected chi connectivity index (χ0v) is 9.75. The number of rotatable bonds is 2. The van der Waals surface area contributed by atoms with Crippen molar-refractivity contribution < 1.29 is 13.2 Å². The lowest BCUT2D eigenvalue weighted by Gasteiger charge is -2.15. The normalized spacial score (nSPS) is 12.5. The van der Waals surface area contributed by atoms with Gasteiger partial charge in [0.1, 0.15) is 0 Å². The van der Waals surface area contributed by atoms with Gasteiger partial charge >= 0.3 is 0 Å². The average Bonchev–Trinajstić information content (AvgIpc) is 2.35. The molecule has 0 amide bonds. The molecule has 1 nitrogen and oxygen atoms in total. The minimum absolute atomic E-state index is 0.209. The van der Waals surface area contributed by atoms with Crippen molar-refractivity contribution in [2.75, 3.05) is 0 Å². The number of hydrogen-bond acceptors (Lipinski definition) is 1. The molecule has 18 heavy (non-hydrogen) atoms. The Labute approximate surface area is 103 Å². The SMILES string of the molecule is Cc1ccccc1C(N)c1cc(F)c(F)c(F)c1. The summed E-state index contributed by atoms with van der Waals surface area (Å²) < 4.78 is 39.2. The molecule has 94 valence electrons. The van der Waals surface area contributed by atoms with Gasteiger partial charge < -0.3 is 5.73 Å². The van der Waals surface area contributed by atoms with E-state index in [1.165, 1.54) is 0 Å². The van der Waals surface area contributed by atoms with E-state index in [-0.39, 0.29) is 5.56 Å². The molecule has 0 fully saturated rings. The Morgan fingerprint density at radius 2 is 1.56 bits per heavy atom. The monoisotopic (exact) mass is 251 g/mol. The molecule has 1 atom stereocenters. The number of benzene rings is 2. The van der Waals surface area contributed by atoms with Crippen molar-refractivity contribution in [2.45, 2.75) is 13.0 Å². The van der Waals surface area contributed by atoms with Gasteiger partial charge in [-0.1, -0.05) is 24.3 Å². The van der Waals surface area contributed by atoms with Crippen LogP contribution in [0.2, 0.25) is 0 Å². The van der Waals surface area contributed by atoms with Crippen molar-refractivity contribution in [2.24, 2.45) is 5.73 Å². The summed E-state index contributed by atoms with van der Waals surface area (Å²) in [6.07, 6.45) is 0. The molecule has 0 saturated heterocycles. The molecule has 0 aliphatic carbocycles. The third-order valence-electron chi connectivity index (χ3n) is 2.89. The predicted molar refractivity (Wildman–Crippen MR) is 63.5 cm³/mol. The molecule has 0 aliphatic rings. The zero-order chi connectivity index (χ0) is 13.3. The third kappa shape index (κ3) is 2.24. The van der Waals surface area contributed by atoms with Crippen LogP contribution in [-0.4, -0.2) is 0 Å². The summed E-state index contributed by atoms with van der Waals surface area (Å²) in [6, 6.07) is 8.43. The maximum absolute atomic E-state index is 13.1. The minimum atomic E-state index is -1.48. The maximum atomic E-state index is 13.1. The molecule has 0 bridgehead atoms. The highest BCUT2D eigenvalue weighted by Gasteiger charge is 2.16. The van der Waals surface area contributed by atoms with Gasteiger partial charge in [-0.25, -0.2) is 13.2 Å². The number of hydrogen-bond donors (Lipinski definition) is 1. The van der Waals surface area contributed by atoms with Gasteiger partial charge in [0.05, 0.1) is 6.04 Å². The second kappa shape index (κ2) is 4.82. The van der Waals surface area contributed by atoms with Crippen LogP contribution in [-0.2, 0) is 0 Å². The van der Waals surface area contributed by atoms with E-state index in [0.717, 1.165) is 23.3 Å². The Morgan fingerprint density at radius 3 is 2.11 bits per heavy atom. The topological polar surface area (TPSA) is 26.0 Å². The van der Waals surface area contributed by atoms with Gasteiger partial charge in [0.25, 0.3) is 0 Å². The zero-order valence-electron chi connectivity index (χ0n) is 9.75. The molecule has 0 saturated carbocycles. The van der Waals surface area contributed by atoms with Crippen LogP contribution in [0.25, 0.3) is 0 Å². The average molecular weight is 251 g/mol. The van der Waals surface area contributed by atoms with Gasteiger partial charge in [0.15, 0.2) is 17.5 Å². The van der Waals surface area contributed by atoms with Crippen LogP contribution >= 0.6 is 0 Å². The Bertz CT molecular complexity index is 558. The van der Waals surface area contributed by atoms with E-state index in [2.05, 4.69) is 0 Å². The molecule has 2 rings (SSSR count). The summed E-state index contributed by atoms with van der Waals surface area (Å²) in [7, 11) is 0. The van der Waals surface area contributed by atoms with E-state index >= 15 is 0 Å². The predicted octanol–water partition coefficient (Wildman–Crippen LogP) is 3.46. The second-order valence-corrected chi connectivity index (χ2v) is 4.13. The molecular formula is C14H12F3N. The second-order valence-electron chi connectivity index (χ2n) is 4.13. The highest BCUT2D eigenvalue weighted by atomic mass is 19.2. The van der Waals surface area contributed by atoms with Crippen molar-refractivity contribution in [1.82, 2.24) is 0 Å². The van der Waals surface area contributed by atoms with Crippen molar-refractivity contribution in [3.8, 4) is 0 Å².